The van der Waals surface area contributed by atoms with Gasteiger partial charge in [-0.3, -0.25) is 5.41 Å². The lowest BCUT2D eigenvalue weighted by atomic mass is 9.95. The number of amidine groups is 1. The zero-order valence-corrected chi connectivity index (χ0v) is 10.5. The number of hydrogen-bond donors (Lipinski definition) is 2. The van der Waals surface area contributed by atoms with Gasteiger partial charge in [-0.25, -0.2) is 0 Å². The molecule has 0 fully saturated rings. The number of unbranched alkanes of at least 4 members (excludes halogenated alkanes) is 5. The van der Waals surface area contributed by atoms with Gasteiger partial charge in [0.15, 0.2) is 0 Å². The Labute approximate surface area is 95.1 Å². The molecule has 1 unspecified atom stereocenters. The summed E-state index contributed by atoms with van der Waals surface area (Å²) in [7, 11) is 0. The molecule has 0 aliphatic heterocycles. The summed E-state index contributed by atoms with van der Waals surface area (Å²) in [5.74, 6) is 0.742. The molecule has 1 atom stereocenters. The van der Waals surface area contributed by atoms with E-state index in [0.29, 0.717) is 11.8 Å². The van der Waals surface area contributed by atoms with Crippen molar-refractivity contribution in [1.82, 2.24) is 0 Å². The van der Waals surface area contributed by atoms with Gasteiger partial charge < -0.3 is 5.73 Å². The fourth-order valence-electron chi connectivity index (χ4n) is 1.97. The third-order valence-electron chi connectivity index (χ3n) is 2.98. The Balaban J connectivity index is 3.41. The predicted octanol–water partition coefficient (Wildman–Crippen LogP) is 4.09. The maximum absolute atomic E-state index is 7.48. The molecule has 0 aliphatic carbocycles. The van der Waals surface area contributed by atoms with E-state index in [1.54, 1.807) is 0 Å². The predicted molar refractivity (Wildman–Crippen MR) is 68.3 cm³/mol. The largest absolute Gasteiger partial charge is 0.387 e. The second-order valence-electron chi connectivity index (χ2n) is 4.50. The van der Waals surface area contributed by atoms with Gasteiger partial charge in [0, 0.05) is 5.92 Å². The highest BCUT2D eigenvalue weighted by molar-refractivity contribution is 5.79. The molecule has 0 aromatic carbocycles. The number of rotatable bonds is 10. The molecule has 0 radical (unpaired) electrons. The molecule has 0 saturated heterocycles. The van der Waals surface area contributed by atoms with Crippen LogP contribution >= 0.6 is 0 Å². The van der Waals surface area contributed by atoms with Gasteiger partial charge in [-0.2, -0.15) is 0 Å². The lowest BCUT2D eigenvalue weighted by molar-refractivity contribution is 0.506. The quantitative estimate of drug-likeness (QED) is 0.320. The first-order chi connectivity index (χ1) is 7.22. The summed E-state index contributed by atoms with van der Waals surface area (Å²) < 4.78 is 0. The minimum absolute atomic E-state index is 0.348. The summed E-state index contributed by atoms with van der Waals surface area (Å²) in [4.78, 5) is 0. The molecule has 0 amide bonds. The fraction of sp³-hybridized carbons (Fsp3) is 0.923. The average molecular weight is 212 g/mol. The molecule has 15 heavy (non-hydrogen) atoms. The molecule has 90 valence electrons. The Bertz CT molecular complexity index is 155. The van der Waals surface area contributed by atoms with Gasteiger partial charge in [0.25, 0.3) is 0 Å². The Kier molecular flexibility index (Phi) is 9.65. The summed E-state index contributed by atoms with van der Waals surface area (Å²) in [6.07, 6.45) is 11.3. The van der Waals surface area contributed by atoms with Gasteiger partial charge in [-0.15, -0.1) is 0 Å². The highest BCUT2D eigenvalue weighted by Crippen LogP contribution is 2.16. The third-order valence-corrected chi connectivity index (χ3v) is 2.98. The van der Waals surface area contributed by atoms with Crippen molar-refractivity contribution in [2.45, 2.75) is 71.6 Å². The molecular formula is C13H28N2. The monoisotopic (exact) mass is 212 g/mol. The van der Waals surface area contributed by atoms with E-state index in [2.05, 4.69) is 13.8 Å². The van der Waals surface area contributed by atoms with Crippen molar-refractivity contribution >= 4 is 5.84 Å². The molecular weight excluding hydrogens is 184 g/mol. The Morgan fingerprint density at radius 1 is 0.933 bits per heavy atom. The molecule has 2 heteroatoms. The van der Waals surface area contributed by atoms with E-state index in [0.717, 1.165) is 19.3 Å². The number of nitrogens with two attached hydrogens (primary N) is 1. The second kappa shape index (κ2) is 10.0. The SMILES string of the molecule is CCCCCCCCC(CCC)C(=N)N. The lowest BCUT2D eigenvalue weighted by Gasteiger charge is -2.13. The lowest BCUT2D eigenvalue weighted by Crippen LogP contribution is -2.22. The van der Waals surface area contributed by atoms with Gasteiger partial charge in [0.2, 0.25) is 0 Å². The van der Waals surface area contributed by atoms with Gasteiger partial charge in [0.1, 0.15) is 0 Å². The maximum atomic E-state index is 7.48. The minimum atomic E-state index is 0.348. The van der Waals surface area contributed by atoms with Crippen LogP contribution in [0.4, 0.5) is 0 Å². The van der Waals surface area contributed by atoms with Crippen LogP contribution in [-0.2, 0) is 0 Å². The van der Waals surface area contributed by atoms with Crippen molar-refractivity contribution in [1.29, 1.82) is 5.41 Å². The second-order valence-corrected chi connectivity index (χ2v) is 4.50. The summed E-state index contributed by atoms with van der Waals surface area (Å²) in [6.45, 7) is 4.41. The molecule has 0 aliphatic rings. The first-order valence-electron chi connectivity index (χ1n) is 6.56. The Morgan fingerprint density at radius 3 is 2.07 bits per heavy atom. The number of hydrogen-bond acceptors (Lipinski definition) is 1. The molecule has 0 aromatic rings. The average Bonchev–Trinajstić information content (AvgIpc) is 2.21. The van der Waals surface area contributed by atoms with E-state index in [1.807, 2.05) is 0 Å². The first kappa shape index (κ1) is 14.5. The van der Waals surface area contributed by atoms with Crippen molar-refractivity contribution in [3.63, 3.8) is 0 Å². The van der Waals surface area contributed by atoms with Gasteiger partial charge in [0.05, 0.1) is 5.84 Å². The van der Waals surface area contributed by atoms with Crippen LogP contribution in [0.2, 0.25) is 0 Å². The van der Waals surface area contributed by atoms with Crippen molar-refractivity contribution in [2.75, 3.05) is 0 Å². The topological polar surface area (TPSA) is 49.9 Å². The molecule has 0 saturated carbocycles. The van der Waals surface area contributed by atoms with Crippen LogP contribution in [0.5, 0.6) is 0 Å². The Morgan fingerprint density at radius 2 is 1.53 bits per heavy atom. The Hall–Kier alpha value is -0.530. The van der Waals surface area contributed by atoms with Crippen molar-refractivity contribution in [3.8, 4) is 0 Å². The van der Waals surface area contributed by atoms with Crippen LogP contribution in [0, 0.1) is 11.3 Å². The van der Waals surface area contributed by atoms with E-state index < -0.39 is 0 Å². The van der Waals surface area contributed by atoms with E-state index in [-0.39, 0.29) is 0 Å². The van der Waals surface area contributed by atoms with Crippen molar-refractivity contribution < 1.29 is 0 Å². The zero-order chi connectivity index (χ0) is 11.5. The molecule has 0 aromatic heterocycles. The van der Waals surface area contributed by atoms with Crippen LogP contribution in [-0.4, -0.2) is 5.84 Å². The highest BCUT2D eigenvalue weighted by Gasteiger charge is 2.09. The summed E-state index contributed by atoms with van der Waals surface area (Å²) in [6, 6.07) is 0. The van der Waals surface area contributed by atoms with Crippen molar-refractivity contribution in [3.05, 3.63) is 0 Å². The molecule has 0 heterocycles. The van der Waals surface area contributed by atoms with E-state index in [4.69, 9.17) is 11.1 Å². The molecule has 2 nitrogen and oxygen atoms in total. The summed E-state index contributed by atoms with van der Waals surface area (Å²) in [5.41, 5.74) is 5.57. The van der Waals surface area contributed by atoms with E-state index in [1.165, 1.54) is 38.5 Å². The van der Waals surface area contributed by atoms with Crippen LogP contribution in [0.15, 0.2) is 0 Å². The van der Waals surface area contributed by atoms with Crippen LogP contribution in [0.3, 0.4) is 0 Å². The maximum Gasteiger partial charge on any atom is 0.0936 e. The van der Waals surface area contributed by atoms with Crippen LogP contribution in [0.1, 0.15) is 71.6 Å². The summed E-state index contributed by atoms with van der Waals surface area (Å²) in [5, 5.41) is 7.48. The zero-order valence-electron chi connectivity index (χ0n) is 10.5. The standard InChI is InChI=1S/C13H28N2/c1-3-5-6-7-8-9-11-12(10-4-2)13(14)15/h12H,3-11H2,1-2H3,(H3,14,15). The minimum Gasteiger partial charge on any atom is -0.387 e. The normalized spacial score (nSPS) is 12.7. The highest BCUT2D eigenvalue weighted by atomic mass is 14.7. The molecule has 0 rings (SSSR count). The summed E-state index contributed by atoms with van der Waals surface area (Å²) >= 11 is 0. The van der Waals surface area contributed by atoms with Gasteiger partial charge in [-0.05, 0) is 12.8 Å². The molecule has 0 spiro atoms. The molecule has 3 N–H and O–H groups in total. The van der Waals surface area contributed by atoms with Crippen molar-refractivity contribution in [2.24, 2.45) is 11.7 Å². The third kappa shape index (κ3) is 8.46. The number of nitrogens with one attached hydrogen (secondary N) is 1. The van der Waals surface area contributed by atoms with Gasteiger partial charge >= 0.3 is 0 Å². The molecule has 0 bridgehead atoms. The smallest absolute Gasteiger partial charge is 0.0936 e. The van der Waals surface area contributed by atoms with E-state index in [9.17, 15) is 0 Å². The van der Waals surface area contributed by atoms with E-state index >= 15 is 0 Å². The fourth-order valence-corrected chi connectivity index (χ4v) is 1.97. The van der Waals surface area contributed by atoms with Crippen LogP contribution in [0.25, 0.3) is 0 Å². The first-order valence-corrected chi connectivity index (χ1v) is 6.56. The van der Waals surface area contributed by atoms with Gasteiger partial charge in [-0.1, -0.05) is 58.8 Å². The van der Waals surface area contributed by atoms with Crippen LogP contribution < -0.4 is 5.73 Å².